The van der Waals surface area contributed by atoms with Gasteiger partial charge in [0.25, 0.3) is 0 Å². The van der Waals surface area contributed by atoms with Crippen molar-refractivity contribution in [2.75, 3.05) is 5.88 Å². The van der Waals surface area contributed by atoms with E-state index in [1.165, 1.54) is 31.2 Å². The van der Waals surface area contributed by atoms with Crippen LogP contribution < -0.4 is 5.32 Å². The summed E-state index contributed by atoms with van der Waals surface area (Å²) >= 11 is 9.50. The van der Waals surface area contributed by atoms with E-state index in [0.29, 0.717) is 5.88 Å². The van der Waals surface area contributed by atoms with E-state index in [-0.39, 0.29) is 5.54 Å². The van der Waals surface area contributed by atoms with Crippen LogP contribution in [0.2, 0.25) is 0 Å². The molecule has 0 radical (unpaired) electrons. The zero-order chi connectivity index (χ0) is 11.4. The highest BCUT2D eigenvalue weighted by atomic mass is 79.9. The van der Waals surface area contributed by atoms with Crippen molar-refractivity contribution in [3.05, 3.63) is 28.5 Å². The maximum Gasteiger partial charge on any atom is 0.0410 e. The molecule has 16 heavy (non-hydrogen) atoms. The fourth-order valence-electron chi connectivity index (χ4n) is 2.25. The van der Waals surface area contributed by atoms with E-state index in [0.717, 1.165) is 11.0 Å². The molecule has 1 saturated carbocycles. The minimum absolute atomic E-state index is 0.157. The first-order valence-electron chi connectivity index (χ1n) is 5.65. The zero-order valence-corrected chi connectivity index (χ0v) is 11.5. The van der Waals surface area contributed by atoms with Gasteiger partial charge < -0.3 is 5.32 Å². The van der Waals surface area contributed by atoms with Gasteiger partial charge in [0.15, 0.2) is 0 Å². The number of pyridine rings is 1. The van der Waals surface area contributed by atoms with Gasteiger partial charge in [0.1, 0.15) is 0 Å². The van der Waals surface area contributed by atoms with E-state index in [9.17, 15) is 0 Å². The average molecular weight is 304 g/mol. The smallest absolute Gasteiger partial charge is 0.0410 e. The van der Waals surface area contributed by atoms with Gasteiger partial charge in [0.2, 0.25) is 0 Å². The Morgan fingerprint density at radius 3 is 2.75 bits per heavy atom. The van der Waals surface area contributed by atoms with Crippen LogP contribution in [-0.4, -0.2) is 16.4 Å². The van der Waals surface area contributed by atoms with Crippen LogP contribution in [0.15, 0.2) is 22.9 Å². The number of hydrogen-bond acceptors (Lipinski definition) is 2. The standard InChI is InChI=1S/C12H16BrClN2/c13-11-5-10(6-15-8-11)7-16-12(9-14)3-1-2-4-12/h5-6,8,16H,1-4,7,9H2. The Balaban J connectivity index is 1.95. The molecule has 1 heterocycles. The Labute approximate surface area is 110 Å². The van der Waals surface area contributed by atoms with Crippen LogP contribution in [0.1, 0.15) is 31.2 Å². The number of aromatic nitrogens is 1. The SMILES string of the molecule is ClCC1(NCc2cncc(Br)c2)CCCC1. The van der Waals surface area contributed by atoms with Gasteiger partial charge in [-0.2, -0.15) is 0 Å². The van der Waals surface area contributed by atoms with Crippen molar-refractivity contribution in [2.24, 2.45) is 0 Å². The lowest BCUT2D eigenvalue weighted by Crippen LogP contribution is -2.43. The second-order valence-corrected chi connectivity index (χ2v) is 5.67. The molecule has 0 atom stereocenters. The van der Waals surface area contributed by atoms with Crippen molar-refractivity contribution in [1.82, 2.24) is 10.3 Å². The average Bonchev–Trinajstić information content (AvgIpc) is 2.76. The number of rotatable bonds is 4. The number of alkyl halides is 1. The Morgan fingerprint density at radius 1 is 1.38 bits per heavy atom. The Hall–Kier alpha value is -0.120. The lowest BCUT2D eigenvalue weighted by molar-refractivity contribution is 0.367. The van der Waals surface area contributed by atoms with Crippen molar-refractivity contribution < 1.29 is 0 Å². The molecule has 0 unspecified atom stereocenters. The normalized spacial score (nSPS) is 18.9. The van der Waals surface area contributed by atoms with Crippen molar-refractivity contribution >= 4 is 27.5 Å². The molecule has 0 bridgehead atoms. The molecular formula is C12H16BrClN2. The summed E-state index contributed by atoms with van der Waals surface area (Å²) in [5.74, 6) is 0.703. The van der Waals surface area contributed by atoms with Gasteiger partial charge in [0, 0.05) is 34.8 Å². The quantitative estimate of drug-likeness (QED) is 0.861. The van der Waals surface area contributed by atoms with E-state index >= 15 is 0 Å². The first kappa shape index (κ1) is 12.3. The summed E-state index contributed by atoms with van der Waals surface area (Å²) in [6.45, 7) is 0.846. The lowest BCUT2D eigenvalue weighted by atomic mass is 10.00. The molecule has 1 fully saturated rings. The van der Waals surface area contributed by atoms with Gasteiger partial charge in [-0.1, -0.05) is 12.8 Å². The van der Waals surface area contributed by atoms with E-state index < -0.39 is 0 Å². The maximum absolute atomic E-state index is 6.07. The van der Waals surface area contributed by atoms with Gasteiger partial charge >= 0.3 is 0 Å². The Kier molecular flexibility index (Phi) is 4.22. The molecule has 1 aliphatic carbocycles. The molecule has 1 aromatic rings. The van der Waals surface area contributed by atoms with Gasteiger partial charge in [0.05, 0.1) is 0 Å². The Morgan fingerprint density at radius 2 is 2.12 bits per heavy atom. The van der Waals surface area contributed by atoms with Gasteiger partial charge in [-0.15, -0.1) is 11.6 Å². The summed E-state index contributed by atoms with van der Waals surface area (Å²) in [6, 6.07) is 2.09. The predicted octanol–water partition coefficient (Wildman–Crippen LogP) is 3.49. The van der Waals surface area contributed by atoms with Crippen LogP contribution in [0, 0.1) is 0 Å². The molecule has 2 nitrogen and oxygen atoms in total. The maximum atomic E-state index is 6.07. The summed E-state index contributed by atoms with van der Waals surface area (Å²) in [6.07, 6.45) is 8.66. The van der Waals surface area contributed by atoms with Gasteiger partial charge in [-0.05, 0) is 40.4 Å². The summed E-state index contributed by atoms with van der Waals surface area (Å²) in [4.78, 5) is 4.16. The molecule has 4 heteroatoms. The molecule has 2 rings (SSSR count). The van der Waals surface area contributed by atoms with Crippen LogP contribution in [-0.2, 0) is 6.54 Å². The van der Waals surface area contributed by atoms with Gasteiger partial charge in [-0.25, -0.2) is 0 Å². The van der Waals surface area contributed by atoms with Crippen LogP contribution in [0.25, 0.3) is 0 Å². The number of halogens is 2. The number of nitrogens with one attached hydrogen (secondary N) is 1. The van der Waals surface area contributed by atoms with Crippen molar-refractivity contribution in [1.29, 1.82) is 0 Å². The molecule has 0 aliphatic heterocycles. The molecule has 88 valence electrons. The fraction of sp³-hybridized carbons (Fsp3) is 0.583. The summed E-state index contributed by atoms with van der Waals surface area (Å²) in [7, 11) is 0. The second kappa shape index (κ2) is 5.48. The predicted molar refractivity (Wildman–Crippen MR) is 70.7 cm³/mol. The minimum Gasteiger partial charge on any atom is -0.306 e. The monoisotopic (exact) mass is 302 g/mol. The third kappa shape index (κ3) is 2.96. The molecular weight excluding hydrogens is 288 g/mol. The third-order valence-corrected chi connectivity index (χ3v) is 4.19. The summed E-state index contributed by atoms with van der Waals surface area (Å²) in [5, 5.41) is 3.60. The third-order valence-electron chi connectivity index (χ3n) is 3.25. The Bertz CT molecular complexity index is 351. The number of hydrogen-bond donors (Lipinski definition) is 1. The number of nitrogens with zero attached hydrogens (tertiary/aromatic N) is 1. The lowest BCUT2D eigenvalue weighted by Gasteiger charge is -2.28. The molecule has 1 aromatic heterocycles. The van der Waals surface area contributed by atoms with Crippen molar-refractivity contribution in [3.63, 3.8) is 0 Å². The zero-order valence-electron chi connectivity index (χ0n) is 9.18. The van der Waals surface area contributed by atoms with E-state index in [2.05, 4.69) is 32.3 Å². The second-order valence-electron chi connectivity index (χ2n) is 4.49. The van der Waals surface area contributed by atoms with Crippen molar-refractivity contribution in [2.45, 2.75) is 37.8 Å². The first-order valence-corrected chi connectivity index (χ1v) is 6.97. The van der Waals surface area contributed by atoms with E-state index in [1.54, 1.807) is 6.20 Å². The first-order chi connectivity index (χ1) is 7.74. The fourth-order valence-corrected chi connectivity index (χ4v) is 3.03. The highest BCUT2D eigenvalue weighted by Crippen LogP contribution is 2.31. The molecule has 0 amide bonds. The van der Waals surface area contributed by atoms with E-state index in [4.69, 9.17) is 11.6 Å². The minimum atomic E-state index is 0.157. The van der Waals surface area contributed by atoms with Crippen molar-refractivity contribution in [3.8, 4) is 0 Å². The van der Waals surface area contributed by atoms with Crippen LogP contribution in [0.3, 0.4) is 0 Å². The summed E-state index contributed by atoms with van der Waals surface area (Å²) in [5.41, 5.74) is 1.36. The van der Waals surface area contributed by atoms with Crippen LogP contribution >= 0.6 is 27.5 Å². The molecule has 1 aliphatic rings. The highest BCUT2D eigenvalue weighted by molar-refractivity contribution is 9.10. The summed E-state index contributed by atoms with van der Waals surface area (Å²) < 4.78 is 1.03. The highest BCUT2D eigenvalue weighted by Gasteiger charge is 2.32. The van der Waals surface area contributed by atoms with Crippen LogP contribution in [0.5, 0.6) is 0 Å². The molecule has 0 saturated heterocycles. The molecule has 0 spiro atoms. The largest absolute Gasteiger partial charge is 0.306 e. The molecule has 0 aromatic carbocycles. The topological polar surface area (TPSA) is 24.9 Å². The van der Waals surface area contributed by atoms with Gasteiger partial charge in [-0.3, -0.25) is 4.98 Å². The van der Waals surface area contributed by atoms with E-state index in [1.807, 2.05) is 6.20 Å². The van der Waals surface area contributed by atoms with Crippen LogP contribution in [0.4, 0.5) is 0 Å². The molecule has 1 N–H and O–H groups in total.